The van der Waals surface area contributed by atoms with Crippen LogP contribution in [0, 0.1) is 6.92 Å². The van der Waals surface area contributed by atoms with Crippen LogP contribution in [-0.2, 0) is 29.7 Å². The summed E-state index contributed by atoms with van der Waals surface area (Å²) in [5.41, 5.74) is 4.10. The average Bonchev–Trinajstić information content (AvgIpc) is 3.37. The predicted molar refractivity (Wildman–Crippen MR) is 116 cm³/mol. The lowest BCUT2D eigenvalue weighted by atomic mass is 10.1. The molecule has 0 saturated carbocycles. The molecule has 1 aromatic carbocycles. The number of hydrogen-bond acceptors (Lipinski definition) is 3. The van der Waals surface area contributed by atoms with Crippen LogP contribution in [-0.4, -0.2) is 32.7 Å². The molecule has 0 radical (unpaired) electrons. The fourth-order valence-corrected chi connectivity index (χ4v) is 3.74. The molecule has 7 nitrogen and oxygen atoms in total. The van der Waals surface area contributed by atoms with Gasteiger partial charge in [-0.2, -0.15) is 5.10 Å². The second-order valence-corrected chi connectivity index (χ2v) is 7.78. The van der Waals surface area contributed by atoms with E-state index in [2.05, 4.69) is 10.4 Å². The molecule has 0 spiro atoms. The van der Waals surface area contributed by atoms with Crippen molar-refractivity contribution in [3.8, 4) is 11.4 Å². The summed E-state index contributed by atoms with van der Waals surface area (Å²) in [5, 5.41) is 7.57. The van der Waals surface area contributed by atoms with Crippen LogP contribution < -0.4 is 10.2 Å². The molecule has 0 atom stereocenters. The summed E-state index contributed by atoms with van der Waals surface area (Å²) in [6.07, 6.45) is 3.20. The van der Waals surface area contributed by atoms with E-state index in [0.29, 0.717) is 13.1 Å². The summed E-state index contributed by atoms with van der Waals surface area (Å²) in [6.45, 7) is 3.95. The van der Waals surface area contributed by atoms with E-state index in [1.54, 1.807) is 4.90 Å². The lowest BCUT2D eigenvalue weighted by Crippen LogP contribution is -2.38. The lowest BCUT2D eigenvalue weighted by Gasteiger charge is -2.27. The Bertz CT molecular complexity index is 1050. The monoisotopic (exact) mass is 405 g/mol. The lowest BCUT2D eigenvalue weighted by molar-refractivity contribution is -0.125. The maximum atomic E-state index is 12.8. The summed E-state index contributed by atoms with van der Waals surface area (Å²) in [5.74, 6) is 0.654. The molecule has 30 heavy (non-hydrogen) atoms. The largest absolute Gasteiger partial charge is 0.352 e. The van der Waals surface area contributed by atoms with Crippen molar-refractivity contribution >= 4 is 17.6 Å². The zero-order valence-corrected chi connectivity index (χ0v) is 17.5. The first-order chi connectivity index (χ1) is 14.5. The Kier molecular flexibility index (Phi) is 5.70. The van der Waals surface area contributed by atoms with Crippen LogP contribution in [0.15, 0.2) is 48.7 Å². The molecule has 3 aromatic rings. The normalized spacial score (nSPS) is 13.2. The first-order valence-electron chi connectivity index (χ1n) is 10.3. The third-order valence-corrected chi connectivity index (χ3v) is 5.47. The van der Waals surface area contributed by atoms with Crippen LogP contribution in [0.25, 0.3) is 11.4 Å². The smallest absolute Gasteiger partial charge is 0.228 e. The Labute approximate surface area is 176 Å². The maximum Gasteiger partial charge on any atom is 0.228 e. The van der Waals surface area contributed by atoms with Gasteiger partial charge >= 0.3 is 0 Å². The van der Waals surface area contributed by atoms with Gasteiger partial charge in [-0.1, -0.05) is 29.8 Å². The second-order valence-electron chi connectivity index (χ2n) is 7.78. The van der Waals surface area contributed by atoms with Gasteiger partial charge in [0, 0.05) is 51.8 Å². The SMILES string of the molecule is Cc1ccc(CNC(=O)CCC(=O)N2CCCn3nc(-c4cccn4C)cc32)cc1. The molecule has 1 aliphatic rings. The van der Waals surface area contributed by atoms with Crippen molar-refractivity contribution in [1.29, 1.82) is 0 Å². The van der Waals surface area contributed by atoms with Gasteiger partial charge in [0.15, 0.2) is 0 Å². The Morgan fingerprint density at radius 3 is 2.63 bits per heavy atom. The van der Waals surface area contributed by atoms with Crippen molar-refractivity contribution in [1.82, 2.24) is 19.7 Å². The van der Waals surface area contributed by atoms with E-state index in [-0.39, 0.29) is 24.7 Å². The molecule has 3 heterocycles. The fraction of sp³-hybridized carbons (Fsp3) is 0.348. The molecule has 2 amide bonds. The number of nitrogens with one attached hydrogen (secondary N) is 1. The van der Waals surface area contributed by atoms with Gasteiger partial charge in [0.2, 0.25) is 11.8 Å². The number of fused-ring (bicyclic) bond motifs is 1. The molecular formula is C23H27N5O2. The Morgan fingerprint density at radius 2 is 1.90 bits per heavy atom. The minimum Gasteiger partial charge on any atom is -0.352 e. The van der Waals surface area contributed by atoms with Crippen LogP contribution >= 0.6 is 0 Å². The standard InChI is InChI=1S/C23H27N5O2/c1-17-6-8-18(9-7-17)16-24-21(29)10-11-23(30)27-13-4-14-28-22(27)15-19(25-28)20-5-3-12-26(20)2/h3,5-9,12,15H,4,10-11,13-14,16H2,1-2H3,(H,24,29). The molecule has 2 aromatic heterocycles. The highest BCUT2D eigenvalue weighted by molar-refractivity contribution is 5.95. The minimum absolute atomic E-state index is 0.0419. The molecular weight excluding hydrogens is 378 g/mol. The third kappa shape index (κ3) is 4.30. The van der Waals surface area contributed by atoms with Crippen molar-refractivity contribution < 1.29 is 9.59 Å². The third-order valence-electron chi connectivity index (χ3n) is 5.47. The highest BCUT2D eigenvalue weighted by Gasteiger charge is 2.25. The number of amides is 2. The molecule has 1 aliphatic heterocycles. The van der Waals surface area contributed by atoms with Gasteiger partial charge in [-0.25, -0.2) is 4.68 Å². The number of hydrogen-bond donors (Lipinski definition) is 1. The summed E-state index contributed by atoms with van der Waals surface area (Å²) in [6, 6.07) is 14.0. The number of nitrogens with zero attached hydrogens (tertiary/aromatic N) is 4. The molecule has 0 unspecified atom stereocenters. The second kappa shape index (κ2) is 8.57. The first-order valence-corrected chi connectivity index (χ1v) is 10.3. The zero-order chi connectivity index (χ0) is 21.1. The van der Waals surface area contributed by atoms with Gasteiger partial charge in [-0.15, -0.1) is 0 Å². The molecule has 0 fully saturated rings. The van der Waals surface area contributed by atoms with Crippen molar-refractivity contribution in [3.05, 3.63) is 59.8 Å². The number of benzene rings is 1. The quantitative estimate of drug-likeness (QED) is 0.685. The molecule has 4 rings (SSSR count). The molecule has 0 aliphatic carbocycles. The van der Waals surface area contributed by atoms with E-state index in [1.807, 2.05) is 71.9 Å². The van der Waals surface area contributed by atoms with Crippen LogP contribution in [0.2, 0.25) is 0 Å². The van der Waals surface area contributed by atoms with E-state index >= 15 is 0 Å². The predicted octanol–water partition coefficient (Wildman–Crippen LogP) is 3.03. The van der Waals surface area contributed by atoms with Crippen LogP contribution in [0.5, 0.6) is 0 Å². The number of rotatable bonds is 6. The van der Waals surface area contributed by atoms with Gasteiger partial charge in [-0.3, -0.25) is 14.5 Å². The van der Waals surface area contributed by atoms with Gasteiger partial charge in [0.05, 0.1) is 5.69 Å². The van der Waals surface area contributed by atoms with Gasteiger partial charge < -0.3 is 9.88 Å². The van der Waals surface area contributed by atoms with Crippen LogP contribution in [0.4, 0.5) is 5.82 Å². The van der Waals surface area contributed by atoms with Gasteiger partial charge in [0.1, 0.15) is 11.5 Å². The summed E-state index contributed by atoms with van der Waals surface area (Å²) in [4.78, 5) is 26.8. The number of carbonyl (C=O) groups is 2. The van der Waals surface area contributed by atoms with E-state index in [0.717, 1.165) is 35.7 Å². The van der Waals surface area contributed by atoms with E-state index < -0.39 is 0 Å². The number of aromatic nitrogens is 3. The molecule has 7 heteroatoms. The Balaban J connectivity index is 1.35. The fourth-order valence-electron chi connectivity index (χ4n) is 3.74. The Hall–Kier alpha value is -3.35. The first kappa shape index (κ1) is 19.9. The molecule has 1 N–H and O–H groups in total. The van der Waals surface area contributed by atoms with E-state index in [9.17, 15) is 9.59 Å². The number of anilines is 1. The molecule has 156 valence electrons. The van der Waals surface area contributed by atoms with Crippen molar-refractivity contribution in [2.24, 2.45) is 7.05 Å². The summed E-state index contributed by atoms with van der Waals surface area (Å²) >= 11 is 0. The number of carbonyl (C=O) groups excluding carboxylic acids is 2. The highest BCUT2D eigenvalue weighted by Crippen LogP contribution is 2.28. The summed E-state index contributed by atoms with van der Waals surface area (Å²) in [7, 11) is 1.98. The van der Waals surface area contributed by atoms with E-state index in [4.69, 9.17) is 0 Å². The van der Waals surface area contributed by atoms with Crippen molar-refractivity contribution in [2.45, 2.75) is 39.3 Å². The zero-order valence-electron chi connectivity index (χ0n) is 17.5. The van der Waals surface area contributed by atoms with Gasteiger partial charge in [-0.05, 0) is 31.0 Å². The minimum atomic E-state index is -0.112. The highest BCUT2D eigenvalue weighted by atomic mass is 16.2. The number of aryl methyl sites for hydroxylation is 3. The van der Waals surface area contributed by atoms with Crippen LogP contribution in [0.3, 0.4) is 0 Å². The van der Waals surface area contributed by atoms with Crippen LogP contribution in [0.1, 0.15) is 30.4 Å². The molecule has 0 saturated heterocycles. The summed E-state index contributed by atoms with van der Waals surface area (Å²) < 4.78 is 3.90. The molecule has 0 bridgehead atoms. The topological polar surface area (TPSA) is 72.2 Å². The van der Waals surface area contributed by atoms with Crippen molar-refractivity contribution in [2.75, 3.05) is 11.4 Å². The average molecular weight is 406 g/mol. The maximum absolute atomic E-state index is 12.8. The van der Waals surface area contributed by atoms with Crippen molar-refractivity contribution in [3.63, 3.8) is 0 Å². The van der Waals surface area contributed by atoms with E-state index in [1.165, 1.54) is 5.56 Å². The van der Waals surface area contributed by atoms with Gasteiger partial charge in [0.25, 0.3) is 0 Å². The Morgan fingerprint density at radius 1 is 1.10 bits per heavy atom.